The zero-order chi connectivity index (χ0) is 14.1. The second-order valence-corrected chi connectivity index (χ2v) is 5.88. The summed E-state index contributed by atoms with van der Waals surface area (Å²) in [4.78, 5) is 0. The molecule has 2 aromatic carbocycles. The molecular formula is C16H15Cl2NO. The molecule has 1 aliphatic rings. The Bertz CT molecular complexity index is 622. The lowest BCUT2D eigenvalue weighted by Gasteiger charge is -2.28. The Morgan fingerprint density at radius 2 is 1.85 bits per heavy atom. The lowest BCUT2D eigenvalue weighted by molar-refractivity contribution is 0.472. The van der Waals surface area contributed by atoms with Crippen LogP contribution in [0.2, 0.25) is 10.0 Å². The van der Waals surface area contributed by atoms with Crippen LogP contribution >= 0.6 is 23.2 Å². The van der Waals surface area contributed by atoms with E-state index in [1.165, 1.54) is 11.1 Å². The summed E-state index contributed by atoms with van der Waals surface area (Å²) in [6.07, 6.45) is 3.10. The molecule has 20 heavy (non-hydrogen) atoms. The predicted octanol–water partition coefficient (Wildman–Crippen LogP) is 5.19. The van der Waals surface area contributed by atoms with Crippen LogP contribution in [0.15, 0.2) is 36.4 Å². The van der Waals surface area contributed by atoms with Crippen LogP contribution in [0.3, 0.4) is 0 Å². The van der Waals surface area contributed by atoms with Gasteiger partial charge in [-0.15, -0.1) is 0 Å². The summed E-state index contributed by atoms with van der Waals surface area (Å²) in [6.45, 7) is 0. The van der Waals surface area contributed by atoms with E-state index < -0.39 is 0 Å². The van der Waals surface area contributed by atoms with Gasteiger partial charge in [0.15, 0.2) is 0 Å². The van der Waals surface area contributed by atoms with Gasteiger partial charge in [-0.1, -0.05) is 35.3 Å². The molecule has 0 bridgehead atoms. The van der Waals surface area contributed by atoms with Crippen molar-refractivity contribution in [2.75, 3.05) is 5.32 Å². The van der Waals surface area contributed by atoms with Gasteiger partial charge < -0.3 is 10.4 Å². The molecule has 0 saturated carbocycles. The molecule has 3 rings (SSSR count). The molecule has 2 aromatic rings. The molecule has 0 spiro atoms. The second kappa shape index (κ2) is 5.55. The Labute approximate surface area is 128 Å². The molecule has 0 aromatic heterocycles. The number of para-hydroxylation sites is 1. The van der Waals surface area contributed by atoms with Crippen molar-refractivity contribution in [3.8, 4) is 5.75 Å². The monoisotopic (exact) mass is 307 g/mol. The largest absolute Gasteiger partial charge is 0.508 e. The fourth-order valence-corrected chi connectivity index (χ4v) is 3.27. The highest BCUT2D eigenvalue weighted by atomic mass is 35.5. The topological polar surface area (TPSA) is 32.3 Å². The van der Waals surface area contributed by atoms with Crippen LogP contribution in [0.5, 0.6) is 5.75 Å². The van der Waals surface area contributed by atoms with E-state index in [9.17, 15) is 5.11 Å². The Morgan fingerprint density at radius 3 is 2.60 bits per heavy atom. The Morgan fingerprint density at radius 1 is 1.10 bits per heavy atom. The van der Waals surface area contributed by atoms with Crippen LogP contribution in [0.4, 0.5) is 5.69 Å². The van der Waals surface area contributed by atoms with E-state index in [0.29, 0.717) is 15.8 Å². The molecule has 0 fully saturated rings. The van der Waals surface area contributed by atoms with Gasteiger partial charge in [0, 0.05) is 0 Å². The zero-order valence-electron chi connectivity index (χ0n) is 10.9. The van der Waals surface area contributed by atoms with Gasteiger partial charge in [0.2, 0.25) is 0 Å². The Balaban J connectivity index is 1.94. The van der Waals surface area contributed by atoms with Gasteiger partial charge in [-0.05, 0) is 54.7 Å². The van der Waals surface area contributed by atoms with Gasteiger partial charge in [-0.25, -0.2) is 0 Å². The zero-order valence-corrected chi connectivity index (χ0v) is 12.4. The molecule has 1 unspecified atom stereocenters. The number of phenols is 1. The van der Waals surface area contributed by atoms with Crippen LogP contribution in [-0.2, 0) is 6.42 Å². The highest BCUT2D eigenvalue weighted by molar-refractivity contribution is 6.39. The van der Waals surface area contributed by atoms with Crippen LogP contribution in [-0.4, -0.2) is 5.11 Å². The first-order valence-electron chi connectivity index (χ1n) is 6.67. The number of phenolic OH excluding ortho intramolecular Hbond substituents is 1. The number of halogens is 2. The highest BCUT2D eigenvalue weighted by Crippen LogP contribution is 2.38. The average molecular weight is 308 g/mol. The molecule has 0 radical (unpaired) electrons. The molecule has 2 nitrogen and oxygen atoms in total. The van der Waals surface area contributed by atoms with Crippen molar-refractivity contribution in [2.45, 2.75) is 25.3 Å². The minimum atomic E-state index is 0.178. The van der Waals surface area contributed by atoms with Gasteiger partial charge in [-0.2, -0.15) is 0 Å². The standard InChI is InChI=1S/C16H15Cl2NO/c17-13-4-2-5-14(18)16(13)19-15-6-1-3-10-9-11(20)7-8-12(10)15/h2,4-5,7-9,15,19-20H,1,3,6H2. The number of rotatable bonds is 2. The van der Waals surface area contributed by atoms with Crippen molar-refractivity contribution in [1.29, 1.82) is 0 Å². The lowest BCUT2D eigenvalue weighted by atomic mass is 9.87. The molecule has 0 amide bonds. The summed E-state index contributed by atoms with van der Waals surface area (Å²) >= 11 is 12.4. The van der Waals surface area contributed by atoms with Crippen LogP contribution < -0.4 is 5.32 Å². The molecule has 2 N–H and O–H groups in total. The normalized spacial score (nSPS) is 17.6. The van der Waals surface area contributed by atoms with E-state index in [4.69, 9.17) is 23.2 Å². The van der Waals surface area contributed by atoms with Gasteiger partial charge in [0.1, 0.15) is 5.75 Å². The Kier molecular flexibility index (Phi) is 3.77. The van der Waals surface area contributed by atoms with Crippen LogP contribution in [0, 0.1) is 0 Å². The average Bonchev–Trinajstić information content (AvgIpc) is 2.42. The quantitative estimate of drug-likeness (QED) is 0.800. The van der Waals surface area contributed by atoms with E-state index in [-0.39, 0.29) is 6.04 Å². The minimum Gasteiger partial charge on any atom is -0.508 e. The minimum absolute atomic E-state index is 0.178. The summed E-state index contributed by atoms with van der Waals surface area (Å²) in [5.74, 6) is 0.320. The number of fused-ring (bicyclic) bond motifs is 1. The molecule has 1 aliphatic carbocycles. The molecular weight excluding hydrogens is 293 g/mol. The summed E-state index contributed by atoms with van der Waals surface area (Å²) < 4.78 is 0. The Hall–Kier alpha value is -1.38. The van der Waals surface area contributed by atoms with Crippen LogP contribution in [0.1, 0.15) is 30.0 Å². The fourth-order valence-electron chi connectivity index (χ4n) is 2.76. The van der Waals surface area contributed by atoms with Crippen molar-refractivity contribution in [1.82, 2.24) is 0 Å². The predicted molar refractivity (Wildman–Crippen MR) is 83.9 cm³/mol. The molecule has 104 valence electrons. The first-order valence-corrected chi connectivity index (χ1v) is 7.43. The maximum atomic E-state index is 9.59. The van der Waals surface area contributed by atoms with Crippen molar-refractivity contribution in [3.05, 3.63) is 57.6 Å². The number of hydrogen-bond donors (Lipinski definition) is 2. The van der Waals surface area contributed by atoms with Gasteiger partial charge in [0.05, 0.1) is 21.8 Å². The van der Waals surface area contributed by atoms with E-state index >= 15 is 0 Å². The van der Waals surface area contributed by atoms with Gasteiger partial charge in [-0.3, -0.25) is 0 Å². The summed E-state index contributed by atoms with van der Waals surface area (Å²) in [5, 5.41) is 14.3. The second-order valence-electron chi connectivity index (χ2n) is 5.07. The fraction of sp³-hybridized carbons (Fsp3) is 0.250. The van der Waals surface area contributed by atoms with E-state index in [2.05, 4.69) is 5.32 Å². The molecule has 4 heteroatoms. The third-order valence-corrected chi connectivity index (χ3v) is 4.35. The highest BCUT2D eigenvalue weighted by Gasteiger charge is 2.21. The maximum Gasteiger partial charge on any atom is 0.115 e. The van der Waals surface area contributed by atoms with Crippen molar-refractivity contribution >= 4 is 28.9 Å². The number of hydrogen-bond acceptors (Lipinski definition) is 2. The summed E-state index contributed by atoms with van der Waals surface area (Å²) in [5.41, 5.74) is 3.18. The van der Waals surface area contributed by atoms with Crippen molar-refractivity contribution < 1.29 is 5.11 Å². The number of aryl methyl sites for hydroxylation is 1. The lowest BCUT2D eigenvalue weighted by Crippen LogP contribution is -2.17. The number of aromatic hydroxyl groups is 1. The molecule has 0 heterocycles. The number of benzene rings is 2. The molecule has 1 atom stereocenters. The SMILES string of the molecule is Oc1ccc2c(c1)CCCC2Nc1c(Cl)cccc1Cl. The molecule has 0 saturated heterocycles. The van der Waals surface area contributed by atoms with Gasteiger partial charge >= 0.3 is 0 Å². The molecule has 0 aliphatic heterocycles. The summed E-state index contributed by atoms with van der Waals surface area (Å²) in [6, 6.07) is 11.2. The van der Waals surface area contributed by atoms with E-state index in [1.54, 1.807) is 6.07 Å². The van der Waals surface area contributed by atoms with Crippen LogP contribution in [0.25, 0.3) is 0 Å². The third-order valence-electron chi connectivity index (χ3n) is 3.72. The van der Waals surface area contributed by atoms with Crippen molar-refractivity contribution in [2.24, 2.45) is 0 Å². The number of nitrogens with one attached hydrogen (secondary N) is 1. The maximum absolute atomic E-state index is 9.59. The first-order chi connectivity index (χ1) is 9.65. The smallest absolute Gasteiger partial charge is 0.115 e. The van der Waals surface area contributed by atoms with Crippen molar-refractivity contribution in [3.63, 3.8) is 0 Å². The van der Waals surface area contributed by atoms with E-state index in [1.807, 2.05) is 30.3 Å². The van der Waals surface area contributed by atoms with E-state index in [0.717, 1.165) is 24.9 Å². The first kappa shape index (κ1) is 13.6. The number of anilines is 1. The van der Waals surface area contributed by atoms with Gasteiger partial charge in [0.25, 0.3) is 0 Å². The summed E-state index contributed by atoms with van der Waals surface area (Å²) in [7, 11) is 0. The third kappa shape index (κ3) is 2.58.